The molecule has 1 rings (SSSR count). The van der Waals surface area contributed by atoms with E-state index >= 15 is 0 Å². The van der Waals surface area contributed by atoms with Gasteiger partial charge in [0.1, 0.15) is 0 Å². The number of carboxylic acid groups (broad SMARTS) is 1. The molecule has 1 aromatic rings. The summed E-state index contributed by atoms with van der Waals surface area (Å²) in [7, 11) is 0. The molecular weight excluding hydrogens is 222 g/mol. The Bertz CT molecular complexity index is 508. The second-order valence-electron chi connectivity index (χ2n) is 3.14. The number of carboxylic acids is 1. The first-order valence-corrected chi connectivity index (χ1v) is 4.66. The van der Waals surface area contributed by atoms with Crippen LogP contribution in [0.5, 0.6) is 0 Å². The highest BCUT2D eigenvalue weighted by Gasteiger charge is 2.11. The van der Waals surface area contributed by atoms with E-state index in [1.54, 1.807) is 24.3 Å². The number of nitrogens with zero attached hydrogens (tertiary/aromatic N) is 1. The summed E-state index contributed by atoms with van der Waals surface area (Å²) in [6, 6.07) is 8.14. The molecule has 0 aliphatic carbocycles. The molecule has 0 fully saturated rings. The normalized spacial score (nSPS) is 10.5. The van der Waals surface area contributed by atoms with Crippen LogP contribution in [0.2, 0.25) is 0 Å². The molecule has 5 nitrogen and oxygen atoms in total. The van der Waals surface area contributed by atoms with Crippen LogP contribution in [0.3, 0.4) is 0 Å². The average molecular weight is 231 g/mol. The Morgan fingerprint density at radius 1 is 1.35 bits per heavy atom. The van der Waals surface area contributed by atoms with Crippen LogP contribution in [0.25, 0.3) is 6.08 Å². The van der Waals surface area contributed by atoms with Crippen LogP contribution in [0, 0.1) is 11.3 Å². The van der Waals surface area contributed by atoms with Crippen LogP contribution in [0.4, 0.5) is 0 Å². The number of aliphatic carboxylic acids is 1. The molecule has 5 heteroatoms. The maximum absolute atomic E-state index is 10.8. The highest BCUT2D eigenvalue weighted by atomic mass is 16.6. The molecule has 0 heterocycles. The molecular formula is C12H9NO4. The largest absolute Gasteiger partial charge is 0.475 e. The van der Waals surface area contributed by atoms with Crippen molar-refractivity contribution < 1.29 is 19.4 Å². The predicted molar refractivity (Wildman–Crippen MR) is 58.5 cm³/mol. The van der Waals surface area contributed by atoms with E-state index in [-0.39, 0.29) is 0 Å². The third kappa shape index (κ3) is 3.80. The first kappa shape index (κ1) is 12.5. The fourth-order valence-electron chi connectivity index (χ4n) is 1.09. The van der Waals surface area contributed by atoms with Gasteiger partial charge in [-0.05, 0) is 23.8 Å². The maximum atomic E-state index is 10.8. The number of esters is 1. The lowest BCUT2D eigenvalue weighted by Crippen LogP contribution is -2.08. The highest BCUT2D eigenvalue weighted by Crippen LogP contribution is 2.10. The van der Waals surface area contributed by atoms with Crippen molar-refractivity contribution in [1.82, 2.24) is 0 Å². The van der Waals surface area contributed by atoms with Crippen LogP contribution in [-0.2, 0) is 14.3 Å². The molecule has 0 radical (unpaired) electrons. The van der Waals surface area contributed by atoms with Crippen LogP contribution < -0.4 is 0 Å². The van der Waals surface area contributed by atoms with Crippen molar-refractivity contribution >= 4 is 18.0 Å². The number of carbonyl (C=O) groups excluding carboxylic acids is 1. The van der Waals surface area contributed by atoms with Gasteiger partial charge in [-0.15, -0.1) is 0 Å². The predicted octanol–water partition coefficient (Wildman–Crippen LogP) is 1.55. The van der Waals surface area contributed by atoms with Gasteiger partial charge in [-0.2, -0.15) is 5.26 Å². The van der Waals surface area contributed by atoms with E-state index in [2.05, 4.69) is 4.74 Å². The Balaban J connectivity index is 3.00. The molecule has 17 heavy (non-hydrogen) atoms. The van der Waals surface area contributed by atoms with E-state index in [0.29, 0.717) is 11.1 Å². The number of hydrogen-bond donors (Lipinski definition) is 1. The fourth-order valence-corrected chi connectivity index (χ4v) is 1.09. The van der Waals surface area contributed by atoms with E-state index in [0.717, 1.165) is 6.92 Å². The summed E-state index contributed by atoms with van der Waals surface area (Å²) in [6.07, 6.45) is 1.21. The minimum absolute atomic E-state index is 0.456. The van der Waals surface area contributed by atoms with E-state index < -0.39 is 17.7 Å². The molecule has 0 bridgehead atoms. The van der Waals surface area contributed by atoms with Gasteiger partial charge < -0.3 is 9.84 Å². The zero-order valence-corrected chi connectivity index (χ0v) is 9.01. The average Bonchev–Trinajstić information content (AvgIpc) is 2.28. The molecule has 86 valence electrons. The zero-order valence-electron chi connectivity index (χ0n) is 9.01. The monoisotopic (exact) mass is 231 g/mol. The summed E-state index contributed by atoms with van der Waals surface area (Å²) in [5, 5.41) is 17.4. The molecule has 0 aliphatic rings. The summed E-state index contributed by atoms with van der Waals surface area (Å²) >= 11 is 0. The Morgan fingerprint density at radius 2 is 1.94 bits per heavy atom. The third-order valence-electron chi connectivity index (χ3n) is 1.80. The topological polar surface area (TPSA) is 87.4 Å². The molecule has 0 amide bonds. The second kappa shape index (κ2) is 5.47. The smallest absolute Gasteiger partial charge is 0.371 e. The molecule has 0 aliphatic heterocycles. The minimum Gasteiger partial charge on any atom is -0.475 e. The number of carbonyl (C=O) groups is 2. The summed E-state index contributed by atoms with van der Waals surface area (Å²) < 4.78 is 4.53. The van der Waals surface area contributed by atoms with Crippen LogP contribution >= 0.6 is 0 Å². The van der Waals surface area contributed by atoms with Gasteiger partial charge in [0.05, 0.1) is 11.6 Å². The SMILES string of the molecule is CC(=O)O/C(=C\c1ccc(C#N)cc1)C(=O)O. The molecule has 1 aromatic carbocycles. The number of ether oxygens (including phenoxy) is 1. The number of benzene rings is 1. The summed E-state index contributed by atoms with van der Waals surface area (Å²) in [5.74, 6) is -2.49. The van der Waals surface area contributed by atoms with Crippen LogP contribution in [0.15, 0.2) is 30.0 Å². The van der Waals surface area contributed by atoms with Gasteiger partial charge in [0.2, 0.25) is 5.76 Å². The van der Waals surface area contributed by atoms with Crippen molar-refractivity contribution in [1.29, 1.82) is 5.26 Å². The molecule has 0 aromatic heterocycles. The third-order valence-corrected chi connectivity index (χ3v) is 1.80. The Labute approximate surface area is 97.6 Å². The lowest BCUT2D eigenvalue weighted by molar-refractivity contribution is -0.146. The second-order valence-corrected chi connectivity index (χ2v) is 3.14. The first-order chi connectivity index (χ1) is 8.02. The fraction of sp³-hybridized carbons (Fsp3) is 0.0833. The lowest BCUT2D eigenvalue weighted by atomic mass is 10.1. The Hall–Kier alpha value is -2.61. The van der Waals surface area contributed by atoms with Gasteiger partial charge in [-0.1, -0.05) is 12.1 Å². The molecule has 1 N–H and O–H groups in total. The van der Waals surface area contributed by atoms with Gasteiger partial charge in [-0.25, -0.2) is 4.79 Å². The van der Waals surface area contributed by atoms with Gasteiger partial charge in [-0.3, -0.25) is 4.79 Å². The maximum Gasteiger partial charge on any atom is 0.371 e. The zero-order chi connectivity index (χ0) is 12.8. The molecule has 0 saturated heterocycles. The van der Waals surface area contributed by atoms with Crippen molar-refractivity contribution in [2.24, 2.45) is 0 Å². The first-order valence-electron chi connectivity index (χ1n) is 4.66. The van der Waals surface area contributed by atoms with Crippen molar-refractivity contribution in [3.63, 3.8) is 0 Å². The summed E-state index contributed by atoms with van der Waals surface area (Å²) in [4.78, 5) is 21.4. The molecule has 0 saturated carbocycles. The van der Waals surface area contributed by atoms with E-state index in [4.69, 9.17) is 10.4 Å². The van der Waals surface area contributed by atoms with Crippen molar-refractivity contribution in [2.75, 3.05) is 0 Å². The van der Waals surface area contributed by atoms with E-state index in [1.165, 1.54) is 6.08 Å². The van der Waals surface area contributed by atoms with E-state index in [1.807, 2.05) is 6.07 Å². The number of nitriles is 1. The van der Waals surface area contributed by atoms with Gasteiger partial charge in [0.25, 0.3) is 0 Å². The lowest BCUT2D eigenvalue weighted by Gasteiger charge is -2.01. The quantitative estimate of drug-likeness (QED) is 0.484. The van der Waals surface area contributed by atoms with Gasteiger partial charge in [0, 0.05) is 6.92 Å². The molecule has 0 spiro atoms. The summed E-state index contributed by atoms with van der Waals surface area (Å²) in [5.41, 5.74) is 0.995. The van der Waals surface area contributed by atoms with Gasteiger partial charge >= 0.3 is 11.9 Å². The van der Waals surface area contributed by atoms with Crippen molar-refractivity contribution in [3.05, 3.63) is 41.2 Å². The van der Waals surface area contributed by atoms with Crippen LogP contribution in [-0.4, -0.2) is 17.0 Å². The van der Waals surface area contributed by atoms with E-state index in [9.17, 15) is 9.59 Å². The summed E-state index contributed by atoms with van der Waals surface area (Å²) in [6.45, 7) is 1.12. The van der Waals surface area contributed by atoms with Gasteiger partial charge in [0.15, 0.2) is 0 Å². The number of rotatable bonds is 3. The Morgan fingerprint density at radius 3 is 2.35 bits per heavy atom. The highest BCUT2D eigenvalue weighted by molar-refractivity contribution is 5.92. The van der Waals surface area contributed by atoms with Crippen LogP contribution in [0.1, 0.15) is 18.1 Å². The van der Waals surface area contributed by atoms with Crippen molar-refractivity contribution in [3.8, 4) is 6.07 Å². The minimum atomic E-state index is -1.33. The molecule has 0 unspecified atom stereocenters. The Kier molecular flexibility index (Phi) is 4.01. The molecule has 0 atom stereocenters. The number of hydrogen-bond acceptors (Lipinski definition) is 4. The standard InChI is InChI=1S/C12H9NO4/c1-8(14)17-11(12(15)16)6-9-2-4-10(7-13)5-3-9/h2-6H,1H3,(H,15,16)/b11-6-. The van der Waals surface area contributed by atoms with Crippen molar-refractivity contribution in [2.45, 2.75) is 6.92 Å².